The van der Waals surface area contributed by atoms with E-state index in [1.165, 1.54) is 12.1 Å². The summed E-state index contributed by atoms with van der Waals surface area (Å²) in [5.74, 6) is -1.93. The normalized spacial score (nSPS) is 10.8. The van der Waals surface area contributed by atoms with Crippen LogP contribution in [0.25, 0.3) is 21.5 Å². The average Bonchev–Trinajstić information content (AvgIpc) is 2.43. The van der Waals surface area contributed by atoms with E-state index in [2.05, 4.69) is 0 Å². The molecule has 0 atom stereocenters. The first kappa shape index (κ1) is 12.2. The molecule has 0 unspecified atom stereocenters. The topological polar surface area (TPSA) is 74.6 Å². The Morgan fingerprint density at radius 1 is 0.600 bits per heavy atom. The first-order valence-corrected chi connectivity index (χ1v) is 5.99. The quantitative estimate of drug-likeness (QED) is 0.697. The minimum absolute atomic E-state index is 0.235. The molecule has 4 heteroatoms. The van der Waals surface area contributed by atoms with E-state index in [1.807, 2.05) is 12.1 Å². The van der Waals surface area contributed by atoms with Gasteiger partial charge in [0, 0.05) is 0 Å². The molecule has 0 bridgehead atoms. The molecule has 0 heterocycles. The van der Waals surface area contributed by atoms with Gasteiger partial charge in [0.25, 0.3) is 0 Å². The van der Waals surface area contributed by atoms with Crippen LogP contribution >= 0.6 is 0 Å². The Kier molecular flexibility index (Phi) is 2.64. The Morgan fingerprint density at radius 3 is 1.35 bits per heavy atom. The third-order valence-electron chi connectivity index (χ3n) is 3.29. The minimum atomic E-state index is -0.965. The van der Waals surface area contributed by atoms with Gasteiger partial charge in [0.15, 0.2) is 0 Å². The lowest BCUT2D eigenvalue weighted by Crippen LogP contribution is -1.96. The van der Waals surface area contributed by atoms with Crippen LogP contribution in [0.1, 0.15) is 20.7 Å². The summed E-state index contributed by atoms with van der Waals surface area (Å²) >= 11 is 0. The fourth-order valence-electron chi connectivity index (χ4n) is 2.26. The standard InChI is InChI=1S/C16H10O4/c17-15(18)11-3-1-9-5-14-8-12(16(19)20)4-2-10(14)6-13(9)7-11/h1-8H,(H,17,18)(H,19,20). The Morgan fingerprint density at radius 2 is 1.00 bits per heavy atom. The number of carboxylic acid groups (broad SMARTS) is 2. The van der Waals surface area contributed by atoms with Crippen LogP contribution in [0.5, 0.6) is 0 Å². The van der Waals surface area contributed by atoms with Crippen molar-refractivity contribution in [2.45, 2.75) is 0 Å². The predicted octanol–water partition coefficient (Wildman–Crippen LogP) is 3.39. The van der Waals surface area contributed by atoms with Crippen LogP contribution in [0, 0.1) is 0 Å². The molecule has 0 saturated carbocycles. The number of aromatic carboxylic acids is 2. The second-order valence-corrected chi connectivity index (χ2v) is 4.59. The van der Waals surface area contributed by atoms with E-state index in [1.54, 1.807) is 24.3 Å². The van der Waals surface area contributed by atoms with Crippen LogP contribution in [-0.4, -0.2) is 22.2 Å². The van der Waals surface area contributed by atoms with Gasteiger partial charge in [0.05, 0.1) is 11.1 Å². The van der Waals surface area contributed by atoms with E-state index >= 15 is 0 Å². The number of carbonyl (C=O) groups is 2. The maximum absolute atomic E-state index is 11.0. The van der Waals surface area contributed by atoms with Gasteiger partial charge in [-0.05, 0) is 57.9 Å². The van der Waals surface area contributed by atoms with Gasteiger partial charge in [-0.1, -0.05) is 12.1 Å². The molecule has 0 spiro atoms. The molecule has 3 aromatic rings. The van der Waals surface area contributed by atoms with Crippen LogP contribution in [0.3, 0.4) is 0 Å². The predicted molar refractivity (Wildman–Crippen MR) is 75.4 cm³/mol. The highest BCUT2D eigenvalue weighted by molar-refractivity contribution is 6.03. The maximum Gasteiger partial charge on any atom is 0.335 e. The number of hydrogen-bond donors (Lipinski definition) is 2. The lowest BCUT2D eigenvalue weighted by Gasteiger charge is -2.04. The summed E-state index contributed by atoms with van der Waals surface area (Å²) in [6.45, 7) is 0. The summed E-state index contributed by atoms with van der Waals surface area (Å²) < 4.78 is 0. The fourth-order valence-corrected chi connectivity index (χ4v) is 2.26. The molecule has 0 amide bonds. The smallest absolute Gasteiger partial charge is 0.335 e. The highest BCUT2D eigenvalue weighted by Gasteiger charge is 2.07. The molecule has 0 fully saturated rings. The van der Waals surface area contributed by atoms with Gasteiger partial charge >= 0.3 is 11.9 Å². The van der Waals surface area contributed by atoms with E-state index in [0.29, 0.717) is 0 Å². The molecule has 4 nitrogen and oxygen atoms in total. The van der Waals surface area contributed by atoms with E-state index in [9.17, 15) is 9.59 Å². The Hall–Kier alpha value is -2.88. The van der Waals surface area contributed by atoms with Crippen molar-refractivity contribution in [1.29, 1.82) is 0 Å². The molecule has 0 aliphatic rings. The van der Waals surface area contributed by atoms with Crippen molar-refractivity contribution in [1.82, 2.24) is 0 Å². The zero-order valence-electron chi connectivity index (χ0n) is 10.3. The third kappa shape index (κ3) is 1.97. The van der Waals surface area contributed by atoms with Crippen LogP contribution in [-0.2, 0) is 0 Å². The van der Waals surface area contributed by atoms with Gasteiger partial charge < -0.3 is 10.2 Å². The lowest BCUT2D eigenvalue weighted by atomic mass is 10.0. The van der Waals surface area contributed by atoms with E-state index in [-0.39, 0.29) is 11.1 Å². The molecule has 0 aliphatic heterocycles. The van der Waals surface area contributed by atoms with E-state index < -0.39 is 11.9 Å². The molecule has 20 heavy (non-hydrogen) atoms. The molecule has 3 aromatic carbocycles. The first-order valence-electron chi connectivity index (χ1n) is 5.99. The Labute approximate surface area is 113 Å². The zero-order chi connectivity index (χ0) is 14.3. The molecule has 0 aliphatic carbocycles. The lowest BCUT2D eigenvalue weighted by molar-refractivity contribution is 0.0686. The van der Waals surface area contributed by atoms with Gasteiger partial charge in [-0.15, -0.1) is 0 Å². The summed E-state index contributed by atoms with van der Waals surface area (Å²) in [7, 11) is 0. The molecule has 2 N–H and O–H groups in total. The van der Waals surface area contributed by atoms with Crippen LogP contribution in [0.15, 0.2) is 48.5 Å². The van der Waals surface area contributed by atoms with Gasteiger partial charge in [0.1, 0.15) is 0 Å². The fraction of sp³-hybridized carbons (Fsp3) is 0. The van der Waals surface area contributed by atoms with Crippen LogP contribution < -0.4 is 0 Å². The van der Waals surface area contributed by atoms with Crippen molar-refractivity contribution in [2.24, 2.45) is 0 Å². The SMILES string of the molecule is O=C(O)c1ccc2cc3cc(C(=O)O)ccc3cc2c1. The number of carboxylic acids is 2. The van der Waals surface area contributed by atoms with E-state index in [4.69, 9.17) is 10.2 Å². The summed E-state index contributed by atoms with van der Waals surface area (Å²) in [5, 5.41) is 21.4. The van der Waals surface area contributed by atoms with Crippen molar-refractivity contribution >= 4 is 33.5 Å². The van der Waals surface area contributed by atoms with Crippen molar-refractivity contribution in [3.8, 4) is 0 Å². The highest BCUT2D eigenvalue weighted by Crippen LogP contribution is 2.25. The molecule has 0 saturated heterocycles. The van der Waals surface area contributed by atoms with Crippen LogP contribution in [0.2, 0.25) is 0 Å². The Balaban J connectivity index is 2.27. The largest absolute Gasteiger partial charge is 0.478 e. The molecular formula is C16H10O4. The van der Waals surface area contributed by atoms with E-state index in [0.717, 1.165) is 21.5 Å². The second-order valence-electron chi connectivity index (χ2n) is 4.59. The Bertz CT molecular complexity index is 791. The van der Waals surface area contributed by atoms with Crippen molar-refractivity contribution in [3.63, 3.8) is 0 Å². The highest BCUT2D eigenvalue weighted by atomic mass is 16.4. The summed E-state index contributed by atoms with van der Waals surface area (Å²) in [6, 6.07) is 13.5. The summed E-state index contributed by atoms with van der Waals surface area (Å²) in [4.78, 5) is 21.9. The zero-order valence-corrected chi connectivity index (χ0v) is 10.3. The molecule has 0 aromatic heterocycles. The van der Waals surface area contributed by atoms with Gasteiger partial charge in [-0.25, -0.2) is 9.59 Å². The van der Waals surface area contributed by atoms with Gasteiger partial charge in [-0.2, -0.15) is 0 Å². The first-order chi connectivity index (χ1) is 9.54. The number of fused-ring (bicyclic) bond motifs is 2. The van der Waals surface area contributed by atoms with Gasteiger partial charge in [0.2, 0.25) is 0 Å². The minimum Gasteiger partial charge on any atom is -0.478 e. The molecule has 98 valence electrons. The number of hydrogen-bond acceptors (Lipinski definition) is 2. The second kappa shape index (κ2) is 4.35. The molecular weight excluding hydrogens is 256 g/mol. The summed E-state index contributed by atoms with van der Waals surface area (Å²) in [6.07, 6.45) is 0. The number of benzene rings is 3. The van der Waals surface area contributed by atoms with Gasteiger partial charge in [-0.3, -0.25) is 0 Å². The third-order valence-corrected chi connectivity index (χ3v) is 3.29. The molecule has 0 radical (unpaired) electrons. The summed E-state index contributed by atoms with van der Waals surface area (Å²) in [5.41, 5.74) is 0.470. The van der Waals surface area contributed by atoms with Crippen molar-refractivity contribution in [3.05, 3.63) is 59.7 Å². The van der Waals surface area contributed by atoms with Crippen molar-refractivity contribution in [2.75, 3.05) is 0 Å². The monoisotopic (exact) mass is 266 g/mol. The molecule has 3 rings (SSSR count). The number of rotatable bonds is 2. The van der Waals surface area contributed by atoms with Crippen molar-refractivity contribution < 1.29 is 19.8 Å². The average molecular weight is 266 g/mol. The van der Waals surface area contributed by atoms with Crippen LogP contribution in [0.4, 0.5) is 0 Å². The maximum atomic E-state index is 11.0.